The minimum absolute atomic E-state index is 0.0714. The van der Waals surface area contributed by atoms with Gasteiger partial charge in [0.2, 0.25) is 10.0 Å². The average molecular weight is 309 g/mol. The van der Waals surface area contributed by atoms with Crippen molar-refractivity contribution in [2.75, 3.05) is 39.6 Å². The van der Waals surface area contributed by atoms with Crippen LogP contribution in [0.15, 0.2) is 0 Å². The molecule has 2 atom stereocenters. The zero-order valence-electron chi connectivity index (χ0n) is 11.3. The fraction of sp³-hybridized carbons (Fsp3) is 0.800. The highest BCUT2D eigenvalue weighted by Crippen LogP contribution is 2.18. The van der Waals surface area contributed by atoms with Crippen LogP contribution in [0.5, 0.6) is 0 Å². The Bertz CT molecular complexity index is 466. The van der Waals surface area contributed by atoms with Crippen LogP contribution in [-0.2, 0) is 19.6 Å². The van der Waals surface area contributed by atoms with Crippen LogP contribution in [0.4, 0.5) is 4.79 Å². The van der Waals surface area contributed by atoms with Crippen molar-refractivity contribution in [1.29, 1.82) is 0 Å². The van der Waals surface area contributed by atoms with Crippen molar-refractivity contribution in [3.63, 3.8) is 0 Å². The summed E-state index contributed by atoms with van der Waals surface area (Å²) in [5.41, 5.74) is 0. The van der Waals surface area contributed by atoms with Gasteiger partial charge in [-0.15, -0.1) is 0 Å². The Morgan fingerprint density at radius 3 is 2.55 bits per heavy atom. The molecule has 1 aliphatic rings. The van der Waals surface area contributed by atoms with Gasteiger partial charge in [-0.1, -0.05) is 0 Å². The Kier molecular flexibility index (Phi) is 5.72. The maximum absolute atomic E-state index is 11.8. The van der Waals surface area contributed by atoms with E-state index < -0.39 is 34.0 Å². The zero-order chi connectivity index (χ0) is 15.3. The molecule has 116 valence electrons. The molecule has 1 saturated heterocycles. The van der Waals surface area contributed by atoms with Gasteiger partial charge in [-0.3, -0.25) is 4.79 Å². The molecule has 10 heteroatoms. The predicted molar refractivity (Wildman–Crippen MR) is 69.7 cm³/mol. The van der Waals surface area contributed by atoms with Gasteiger partial charge in [0, 0.05) is 20.1 Å². The maximum atomic E-state index is 11.8. The second kappa shape index (κ2) is 6.86. The van der Waals surface area contributed by atoms with Gasteiger partial charge in [0.05, 0.1) is 25.5 Å². The molecule has 3 N–H and O–H groups in total. The molecule has 0 bridgehead atoms. The minimum Gasteiger partial charge on any atom is -0.481 e. The summed E-state index contributed by atoms with van der Waals surface area (Å²) in [5, 5.41) is 11.5. The molecule has 1 aliphatic heterocycles. The first-order chi connectivity index (χ1) is 9.22. The quantitative estimate of drug-likeness (QED) is 0.501. The fourth-order valence-electron chi connectivity index (χ4n) is 1.84. The first-order valence-corrected chi connectivity index (χ1v) is 7.87. The molecule has 0 aromatic carbocycles. The molecule has 20 heavy (non-hydrogen) atoms. The lowest BCUT2D eigenvalue weighted by Crippen LogP contribution is -2.49. The van der Waals surface area contributed by atoms with Gasteiger partial charge in [-0.2, -0.15) is 0 Å². The lowest BCUT2D eigenvalue weighted by atomic mass is 10.0. The lowest BCUT2D eigenvalue weighted by Gasteiger charge is -2.26. The molecule has 0 spiro atoms. The lowest BCUT2D eigenvalue weighted by molar-refractivity contribution is -0.142. The zero-order valence-corrected chi connectivity index (χ0v) is 12.1. The highest BCUT2D eigenvalue weighted by molar-refractivity contribution is 7.88. The number of ether oxygens (including phenoxy) is 1. The second-order valence-electron chi connectivity index (χ2n) is 4.56. The Balaban J connectivity index is 2.41. The summed E-state index contributed by atoms with van der Waals surface area (Å²) in [6.07, 6.45) is 1.02. The van der Waals surface area contributed by atoms with E-state index in [2.05, 4.69) is 10.0 Å². The van der Waals surface area contributed by atoms with E-state index >= 15 is 0 Å². The first kappa shape index (κ1) is 16.7. The van der Waals surface area contributed by atoms with E-state index in [4.69, 9.17) is 9.84 Å². The van der Waals surface area contributed by atoms with Gasteiger partial charge in [0.1, 0.15) is 5.92 Å². The Hall–Kier alpha value is -1.39. The SMILES string of the molecule is CN(C(=O)NCCNS(C)(=O)=O)C1COCC1C(=O)O. The Morgan fingerprint density at radius 2 is 2.00 bits per heavy atom. The molecule has 0 aliphatic carbocycles. The van der Waals surface area contributed by atoms with Crippen molar-refractivity contribution in [3.05, 3.63) is 0 Å². The molecule has 0 radical (unpaired) electrons. The molecule has 0 saturated carbocycles. The van der Waals surface area contributed by atoms with Crippen LogP contribution in [0.2, 0.25) is 0 Å². The van der Waals surface area contributed by atoms with E-state index in [9.17, 15) is 18.0 Å². The predicted octanol–water partition coefficient (Wildman–Crippen LogP) is -1.72. The number of carboxylic acid groups (broad SMARTS) is 1. The third-order valence-electron chi connectivity index (χ3n) is 2.95. The van der Waals surface area contributed by atoms with E-state index in [1.54, 1.807) is 0 Å². The minimum atomic E-state index is -3.29. The van der Waals surface area contributed by atoms with Crippen LogP contribution < -0.4 is 10.0 Å². The van der Waals surface area contributed by atoms with Crippen molar-refractivity contribution in [3.8, 4) is 0 Å². The van der Waals surface area contributed by atoms with Gasteiger partial charge in [-0.25, -0.2) is 17.9 Å². The van der Waals surface area contributed by atoms with Gasteiger partial charge in [0.25, 0.3) is 0 Å². The van der Waals surface area contributed by atoms with Gasteiger partial charge in [-0.05, 0) is 0 Å². The number of likely N-dealkylation sites (N-methyl/N-ethyl adjacent to an activating group) is 1. The third-order valence-corrected chi connectivity index (χ3v) is 3.68. The Labute approximate surface area is 117 Å². The number of nitrogens with zero attached hydrogens (tertiary/aromatic N) is 1. The number of carbonyl (C=O) groups excluding carboxylic acids is 1. The molecule has 0 aromatic rings. The van der Waals surface area contributed by atoms with Crippen molar-refractivity contribution in [2.24, 2.45) is 5.92 Å². The van der Waals surface area contributed by atoms with Gasteiger partial charge < -0.3 is 20.1 Å². The average Bonchev–Trinajstić information content (AvgIpc) is 2.81. The molecule has 0 aromatic heterocycles. The van der Waals surface area contributed by atoms with Gasteiger partial charge in [0.15, 0.2) is 0 Å². The van der Waals surface area contributed by atoms with Crippen molar-refractivity contribution in [1.82, 2.24) is 14.9 Å². The first-order valence-electron chi connectivity index (χ1n) is 5.98. The summed E-state index contributed by atoms with van der Waals surface area (Å²) in [6.45, 7) is 0.430. The van der Waals surface area contributed by atoms with Crippen LogP contribution in [0, 0.1) is 5.92 Å². The fourth-order valence-corrected chi connectivity index (χ4v) is 2.31. The smallest absolute Gasteiger partial charge is 0.317 e. The summed E-state index contributed by atoms with van der Waals surface area (Å²) in [4.78, 5) is 24.1. The van der Waals surface area contributed by atoms with Crippen molar-refractivity contribution in [2.45, 2.75) is 6.04 Å². The number of rotatable bonds is 6. The number of amides is 2. The second-order valence-corrected chi connectivity index (χ2v) is 6.39. The number of nitrogens with one attached hydrogen (secondary N) is 2. The summed E-state index contributed by atoms with van der Waals surface area (Å²) in [7, 11) is -1.81. The van der Waals surface area contributed by atoms with Crippen LogP contribution in [-0.4, -0.2) is 76.1 Å². The number of urea groups is 1. The maximum Gasteiger partial charge on any atom is 0.317 e. The van der Waals surface area contributed by atoms with Crippen LogP contribution >= 0.6 is 0 Å². The highest BCUT2D eigenvalue weighted by atomic mass is 32.2. The van der Waals surface area contributed by atoms with E-state index in [1.807, 2.05) is 0 Å². The van der Waals surface area contributed by atoms with E-state index in [1.165, 1.54) is 11.9 Å². The molecule has 9 nitrogen and oxygen atoms in total. The van der Waals surface area contributed by atoms with Crippen molar-refractivity contribution >= 4 is 22.0 Å². The third kappa shape index (κ3) is 4.94. The van der Waals surface area contributed by atoms with Crippen molar-refractivity contribution < 1.29 is 27.9 Å². The van der Waals surface area contributed by atoms with E-state index in [0.717, 1.165) is 6.26 Å². The van der Waals surface area contributed by atoms with E-state index in [-0.39, 0.29) is 26.3 Å². The van der Waals surface area contributed by atoms with Gasteiger partial charge >= 0.3 is 12.0 Å². The van der Waals surface area contributed by atoms with Crippen LogP contribution in [0.25, 0.3) is 0 Å². The molecule has 1 rings (SSSR count). The molecule has 1 fully saturated rings. The summed E-state index contributed by atoms with van der Waals surface area (Å²) in [5.74, 6) is -1.76. The number of hydrogen-bond donors (Lipinski definition) is 3. The molecule has 2 unspecified atom stereocenters. The molecular weight excluding hydrogens is 290 g/mol. The standard InChI is InChI=1S/C10H19N3O6S/c1-13(8-6-19-5-7(8)9(14)15)10(16)11-3-4-12-20(2,17)18/h7-8,12H,3-6H2,1-2H3,(H,11,16)(H,14,15). The van der Waals surface area contributed by atoms with E-state index in [0.29, 0.717) is 0 Å². The number of carbonyl (C=O) groups is 2. The Morgan fingerprint density at radius 1 is 1.35 bits per heavy atom. The molecular formula is C10H19N3O6S. The summed E-state index contributed by atoms with van der Waals surface area (Å²) in [6, 6.07) is -1.00. The molecule has 1 heterocycles. The monoisotopic (exact) mass is 309 g/mol. The largest absolute Gasteiger partial charge is 0.481 e. The number of carboxylic acids is 1. The normalized spacial score (nSPS) is 22.5. The van der Waals surface area contributed by atoms with Crippen LogP contribution in [0.3, 0.4) is 0 Å². The number of hydrogen-bond acceptors (Lipinski definition) is 5. The highest BCUT2D eigenvalue weighted by Gasteiger charge is 2.38. The number of sulfonamides is 1. The summed E-state index contributed by atoms with van der Waals surface area (Å²) >= 11 is 0. The van der Waals surface area contributed by atoms with Crippen LogP contribution in [0.1, 0.15) is 0 Å². The number of aliphatic carboxylic acids is 1. The molecule has 2 amide bonds. The topological polar surface area (TPSA) is 125 Å². The summed E-state index contributed by atoms with van der Waals surface area (Å²) < 4.78 is 29.0.